The van der Waals surface area contributed by atoms with Crippen molar-refractivity contribution in [2.45, 2.75) is 13.3 Å². The molecule has 23 heavy (non-hydrogen) atoms. The molecule has 0 aliphatic heterocycles. The van der Waals surface area contributed by atoms with Crippen molar-refractivity contribution in [2.24, 2.45) is 0 Å². The number of hydrogen-bond acceptors (Lipinski definition) is 5. The van der Waals surface area contributed by atoms with Crippen LogP contribution in [0.4, 0.5) is 10.5 Å². The van der Waals surface area contributed by atoms with Crippen molar-refractivity contribution in [2.75, 3.05) is 11.9 Å². The van der Waals surface area contributed by atoms with Gasteiger partial charge < -0.3 is 19.6 Å². The summed E-state index contributed by atoms with van der Waals surface area (Å²) in [6.45, 7) is 2.64. The molecule has 0 saturated heterocycles. The number of furan rings is 1. The van der Waals surface area contributed by atoms with Crippen LogP contribution in [-0.2, 0) is 0 Å². The van der Waals surface area contributed by atoms with Crippen LogP contribution in [0.3, 0.4) is 0 Å². The Hall–Kier alpha value is -3.09. The normalized spacial score (nSPS) is 10.5. The topological polar surface area (TPSA) is 93.2 Å². The van der Waals surface area contributed by atoms with Crippen LogP contribution in [0.2, 0.25) is 0 Å². The van der Waals surface area contributed by atoms with Crippen LogP contribution in [0, 0.1) is 0 Å². The molecule has 0 aliphatic rings. The van der Waals surface area contributed by atoms with Crippen molar-refractivity contribution >= 4 is 11.7 Å². The summed E-state index contributed by atoms with van der Waals surface area (Å²) < 4.78 is 10.4. The molecule has 0 bridgehead atoms. The van der Waals surface area contributed by atoms with Gasteiger partial charge in [0.05, 0.1) is 6.26 Å². The van der Waals surface area contributed by atoms with Crippen LogP contribution in [0.1, 0.15) is 13.3 Å². The van der Waals surface area contributed by atoms with Crippen LogP contribution >= 0.6 is 0 Å². The Bertz CT molecular complexity index is 763. The summed E-state index contributed by atoms with van der Waals surface area (Å²) in [5.74, 6) is 1.30. The third-order valence-corrected chi connectivity index (χ3v) is 3.09. The van der Waals surface area contributed by atoms with Crippen LogP contribution in [-0.4, -0.2) is 22.7 Å². The van der Waals surface area contributed by atoms with Gasteiger partial charge in [0.2, 0.25) is 5.82 Å². The largest absolute Gasteiger partial charge is 0.459 e. The van der Waals surface area contributed by atoms with Crippen molar-refractivity contribution in [1.82, 2.24) is 15.5 Å². The number of carbonyl (C=O) groups excluding carboxylic acids is 1. The summed E-state index contributed by atoms with van der Waals surface area (Å²) in [6.07, 6.45) is 2.44. The number of aromatic nitrogens is 2. The van der Waals surface area contributed by atoms with E-state index in [2.05, 4.69) is 20.8 Å². The number of hydrogen-bond donors (Lipinski definition) is 2. The molecule has 0 spiro atoms. The van der Waals surface area contributed by atoms with Gasteiger partial charge in [-0.3, -0.25) is 0 Å². The lowest BCUT2D eigenvalue weighted by molar-refractivity contribution is 0.252. The predicted octanol–water partition coefficient (Wildman–Crippen LogP) is 3.53. The molecule has 0 fully saturated rings. The third-order valence-electron chi connectivity index (χ3n) is 3.09. The Kier molecular flexibility index (Phi) is 4.37. The van der Waals surface area contributed by atoms with Gasteiger partial charge in [-0.15, -0.1) is 0 Å². The first kappa shape index (κ1) is 14.8. The molecule has 1 aromatic carbocycles. The number of benzene rings is 1. The van der Waals surface area contributed by atoms with E-state index in [-0.39, 0.29) is 6.03 Å². The fourth-order valence-electron chi connectivity index (χ4n) is 1.96. The molecule has 7 nitrogen and oxygen atoms in total. The SMILES string of the molecule is CCCNC(=O)Nc1ccc(-c2noc(-c3ccco3)n2)cc1. The van der Waals surface area contributed by atoms with Crippen LogP contribution in [0.15, 0.2) is 51.6 Å². The zero-order valence-electron chi connectivity index (χ0n) is 12.6. The molecular weight excluding hydrogens is 296 g/mol. The lowest BCUT2D eigenvalue weighted by Gasteiger charge is -2.06. The van der Waals surface area contributed by atoms with Gasteiger partial charge in [0.1, 0.15) is 0 Å². The van der Waals surface area contributed by atoms with E-state index in [1.54, 1.807) is 30.5 Å². The first-order valence-corrected chi connectivity index (χ1v) is 7.29. The highest BCUT2D eigenvalue weighted by atomic mass is 16.5. The average Bonchev–Trinajstić information content (AvgIpc) is 3.24. The second kappa shape index (κ2) is 6.78. The summed E-state index contributed by atoms with van der Waals surface area (Å²) in [4.78, 5) is 15.9. The molecule has 3 aromatic rings. The molecular formula is C16H16N4O3. The predicted molar refractivity (Wildman–Crippen MR) is 84.7 cm³/mol. The maximum Gasteiger partial charge on any atom is 0.319 e. The van der Waals surface area contributed by atoms with Gasteiger partial charge in [0.25, 0.3) is 5.89 Å². The smallest absolute Gasteiger partial charge is 0.319 e. The van der Waals surface area contributed by atoms with E-state index in [4.69, 9.17) is 8.94 Å². The molecule has 0 unspecified atom stereocenters. The number of anilines is 1. The van der Waals surface area contributed by atoms with Crippen LogP contribution < -0.4 is 10.6 Å². The van der Waals surface area contributed by atoms with Crippen LogP contribution in [0.25, 0.3) is 23.0 Å². The third kappa shape index (κ3) is 3.57. The maximum absolute atomic E-state index is 11.6. The first-order chi connectivity index (χ1) is 11.3. The lowest BCUT2D eigenvalue weighted by atomic mass is 10.2. The molecule has 2 aromatic heterocycles. The van der Waals surface area contributed by atoms with E-state index >= 15 is 0 Å². The minimum absolute atomic E-state index is 0.223. The van der Waals surface area contributed by atoms with Crippen molar-refractivity contribution in [3.63, 3.8) is 0 Å². The van der Waals surface area contributed by atoms with E-state index in [1.807, 2.05) is 19.1 Å². The number of carbonyl (C=O) groups is 1. The van der Waals surface area contributed by atoms with E-state index in [9.17, 15) is 4.79 Å². The summed E-state index contributed by atoms with van der Waals surface area (Å²) >= 11 is 0. The summed E-state index contributed by atoms with van der Waals surface area (Å²) in [5.41, 5.74) is 1.48. The summed E-state index contributed by atoms with van der Waals surface area (Å²) in [5, 5.41) is 9.43. The van der Waals surface area contributed by atoms with Gasteiger partial charge in [-0.2, -0.15) is 4.98 Å². The Morgan fingerprint density at radius 2 is 2.04 bits per heavy atom. The van der Waals surface area contributed by atoms with Gasteiger partial charge in [-0.25, -0.2) is 4.79 Å². The molecule has 0 radical (unpaired) electrons. The fraction of sp³-hybridized carbons (Fsp3) is 0.188. The number of nitrogens with zero attached hydrogens (tertiary/aromatic N) is 2. The molecule has 0 saturated carbocycles. The van der Waals surface area contributed by atoms with E-state index in [1.165, 1.54) is 0 Å². The second-order valence-electron chi connectivity index (χ2n) is 4.86. The number of rotatable bonds is 5. The van der Waals surface area contributed by atoms with Gasteiger partial charge in [0.15, 0.2) is 5.76 Å². The first-order valence-electron chi connectivity index (χ1n) is 7.29. The van der Waals surface area contributed by atoms with Gasteiger partial charge in [-0.1, -0.05) is 12.1 Å². The standard InChI is InChI=1S/C16H16N4O3/c1-2-9-17-16(21)18-12-7-5-11(6-8-12)14-19-15(23-20-14)13-4-3-10-22-13/h3-8,10H,2,9H2,1H3,(H2,17,18,21). The van der Waals surface area contributed by atoms with E-state index in [0.717, 1.165) is 12.0 Å². The van der Waals surface area contributed by atoms with Crippen molar-refractivity contribution in [3.8, 4) is 23.0 Å². The molecule has 118 valence electrons. The van der Waals surface area contributed by atoms with Crippen molar-refractivity contribution in [1.29, 1.82) is 0 Å². The number of nitrogens with one attached hydrogen (secondary N) is 2. The number of urea groups is 1. The van der Waals surface area contributed by atoms with Gasteiger partial charge in [0, 0.05) is 17.8 Å². The fourth-order valence-corrected chi connectivity index (χ4v) is 1.96. The molecule has 7 heteroatoms. The monoisotopic (exact) mass is 312 g/mol. The molecule has 0 atom stereocenters. The quantitative estimate of drug-likeness (QED) is 0.751. The highest BCUT2D eigenvalue weighted by Crippen LogP contribution is 2.23. The van der Waals surface area contributed by atoms with Gasteiger partial charge >= 0.3 is 6.03 Å². The lowest BCUT2D eigenvalue weighted by Crippen LogP contribution is -2.29. The minimum atomic E-state index is -0.223. The van der Waals surface area contributed by atoms with E-state index < -0.39 is 0 Å². The Morgan fingerprint density at radius 3 is 2.74 bits per heavy atom. The molecule has 2 amide bonds. The minimum Gasteiger partial charge on any atom is -0.459 e. The molecule has 2 N–H and O–H groups in total. The Labute approximate surface area is 132 Å². The second-order valence-corrected chi connectivity index (χ2v) is 4.86. The molecule has 3 rings (SSSR count). The Morgan fingerprint density at radius 1 is 1.22 bits per heavy atom. The summed E-state index contributed by atoms with van der Waals surface area (Å²) in [7, 11) is 0. The van der Waals surface area contributed by atoms with E-state index in [0.29, 0.717) is 29.7 Å². The molecule has 0 aliphatic carbocycles. The maximum atomic E-state index is 11.6. The molecule has 2 heterocycles. The van der Waals surface area contributed by atoms with Crippen LogP contribution in [0.5, 0.6) is 0 Å². The summed E-state index contributed by atoms with van der Waals surface area (Å²) in [6, 6.07) is 10.5. The Balaban J connectivity index is 1.69. The number of amides is 2. The van der Waals surface area contributed by atoms with Crippen molar-refractivity contribution in [3.05, 3.63) is 42.7 Å². The zero-order chi connectivity index (χ0) is 16.1. The highest BCUT2D eigenvalue weighted by molar-refractivity contribution is 5.89. The highest BCUT2D eigenvalue weighted by Gasteiger charge is 2.12. The van der Waals surface area contributed by atoms with Crippen molar-refractivity contribution < 1.29 is 13.7 Å². The average molecular weight is 312 g/mol. The zero-order valence-corrected chi connectivity index (χ0v) is 12.6. The van der Waals surface area contributed by atoms with Gasteiger partial charge in [-0.05, 0) is 42.8 Å².